The lowest BCUT2D eigenvalue weighted by atomic mass is 10.2. The lowest BCUT2D eigenvalue weighted by Crippen LogP contribution is -1.99. The van der Waals surface area contributed by atoms with Crippen LogP contribution in [0.5, 0.6) is 0 Å². The highest BCUT2D eigenvalue weighted by Crippen LogP contribution is 2.24. The lowest BCUT2D eigenvalue weighted by molar-refractivity contribution is 0.575. The van der Waals surface area contributed by atoms with Crippen molar-refractivity contribution in [3.63, 3.8) is 0 Å². The van der Waals surface area contributed by atoms with Crippen LogP contribution in [0, 0.1) is 0 Å². The van der Waals surface area contributed by atoms with Gasteiger partial charge in [-0.05, 0) is 36.8 Å². The van der Waals surface area contributed by atoms with Gasteiger partial charge < -0.3 is 8.83 Å². The van der Waals surface area contributed by atoms with E-state index in [4.69, 9.17) is 8.83 Å². The summed E-state index contributed by atoms with van der Waals surface area (Å²) in [6.07, 6.45) is 6.34. The molecule has 102 valence electrons. The molecule has 0 fully saturated rings. The Labute approximate surface area is 117 Å². The van der Waals surface area contributed by atoms with E-state index < -0.39 is 0 Å². The van der Waals surface area contributed by atoms with Gasteiger partial charge in [-0.25, -0.2) is 9.97 Å². The number of aromatic nitrogens is 2. The van der Waals surface area contributed by atoms with Gasteiger partial charge in [0.25, 0.3) is 0 Å². The highest BCUT2D eigenvalue weighted by Gasteiger charge is 2.11. The molecule has 0 radical (unpaired) electrons. The molecule has 0 aromatic carbocycles. The molecule has 0 saturated carbocycles. The van der Waals surface area contributed by atoms with Gasteiger partial charge in [0, 0.05) is 6.42 Å². The predicted octanol–water partition coefficient (Wildman–Crippen LogP) is 4.34. The van der Waals surface area contributed by atoms with E-state index in [1.165, 1.54) is 0 Å². The van der Waals surface area contributed by atoms with Crippen molar-refractivity contribution >= 4 is 0 Å². The van der Waals surface area contributed by atoms with Gasteiger partial charge in [-0.2, -0.15) is 0 Å². The summed E-state index contributed by atoms with van der Waals surface area (Å²) < 4.78 is 10.9. The minimum absolute atomic E-state index is 0.748. The number of hydrogen-bond donors (Lipinski definition) is 0. The first-order valence-corrected chi connectivity index (χ1v) is 6.82. The highest BCUT2D eigenvalue weighted by atomic mass is 16.3. The van der Waals surface area contributed by atoms with Crippen LogP contribution >= 0.6 is 0 Å². The maximum Gasteiger partial charge on any atom is 0.152 e. The summed E-state index contributed by atoms with van der Waals surface area (Å²) in [4.78, 5) is 9.15. The largest absolute Gasteiger partial charge is 0.463 e. The smallest absolute Gasteiger partial charge is 0.152 e. The molecule has 3 aromatic rings. The number of aryl methyl sites for hydroxylation is 1. The number of unbranched alkanes of at least 4 members (excludes halogenated alkanes) is 1. The molecule has 0 spiro atoms. The summed E-state index contributed by atoms with van der Waals surface area (Å²) in [5.41, 5.74) is 1.59. The third kappa shape index (κ3) is 2.64. The van der Waals surface area contributed by atoms with Crippen molar-refractivity contribution in [2.75, 3.05) is 0 Å². The molecule has 0 N–H and O–H groups in total. The zero-order valence-electron chi connectivity index (χ0n) is 11.4. The normalized spacial score (nSPS) is 10.8. The summed E-state index contributed by atoms with van der Waals surface area (Å²) in [6.45, 7) is 2.16. The van der Waals surface area contributed by atoms with E-state index in [9.17, 15) is 0 Å². The summed E-state index contributed by atoms with van der Waals surface area (Å²) >= 11 is 0. The van der Waals surface area contributed by atoms with Crippen LogP contribution in [0.3, 0.4) is 0 Å². The first-order valence-electron chi connectivity index (χ1n) is 6.82. The average molecular weight is 268 g/mol. The van der Waals surface area contributed by atoms with E-state index in [-0.39, 0.29) is 0 Å². The van der Waals surface area contributed by atoms with Crippen molar-refractivity contribution in [3.05, 3.63) is 48.7 Å². The Balaban J connectivity index is 2.03. The van der Waals surface area contributed by atoms with Crippen LogP contribution < -0.4 is 0 Å². The maximum atomic E-state index is 5.43. The van der Waals surface area contributed by atoms with Crippen LogP contribution in [0.25, 0.3) is 22.9 Å². The van der Waals surface area contributed by atoms with Crippen molar-refractivity contribution in [3.8, 4) is 22.9 Å². The molecule has 3 heterocycles. The number of rotatable bonds is 5. The fourth-order valence-electron chi connectivity index (χ4n) is 2.04. The number of furan rings is 2. The van der Waals surface area contributed by atoms with E-state index >= 15 is 0 Å². The fourth-order valence-corrected chi connectivity index (χ4v) is 2.04. The molecule has 0 atom stereocenters. The van der Waals surface area contributed by atoms with Crippen molar-refractivity contribution in [1.82, 2.24) is 9.97 Å². The minimum atomic E-state index is 0.748. The average Bonchev–Trinajstić information content (AvgIpc) is 3.17. The predicted molar refractivity (Wildman–Crippen MR) is 76.0 cm³/mol. The Bertz CT molecular complexity index is 605. The molecule has 0 aliphatic carbocycles. The second-order valence-electron chi connectivity index (χ2n) is 4.61. The molecule has 20 heavy (non-hydrogen) atoms. The molecule has 0 amide bonds. The molecular formula is C16H16N2O2. The molecule has 0 unspecified atom stereocenters. The first kappa shape index (κ1) is 12.7. The molecule has 0 aliphatic heterocycles. The van der Waals surface area contributed by atoms with E-state index in [0.717, 1.165) is 48.0 Å². The van der Waals surface area contributed by atoms with Gasteiger partial charge in [-0.15, -0.1) is 0 Å². The Morgan fingerprint density at radius 3 is 2.00 bits per heavy atom. The standard InChI is InChI=1S/C16H16N2O2/c1-2-3-8-16-17-12(14-6-4-9-19-14)11-13(18-16)15-7-5-10-20-15/h4-7,9-11H,2-3,8H2,1H3. The van der Waals surface area contributed by atoms with Gasteiger partial charge >= 0.3 is 0 Å². The molecule has 3 rings (SSSR count). The van der Waals surface area contributed by atoms with Crippen molar-refractivity contribution in [2.24, 2.45) is 0 Å². The van der Waals surface area contributed by atoms with Crippen LogP contribution in [-0.4, -0.2) is 9.97 Å². The number of nitrogens with zero attached hydrogens (tertiary/aromatic N) is 2. The van der Waals surface area contributed by atoms with Gasteiger partial charge in [0.15, 0.2) is 11.5 Å². The van der Waals surface area contributed by atoms with Gasteiger partial charge in [-0.1, -0.05) is 13.3 Å². The molecule has 0 saturated heterocycles. The summed E-state index contributed by atoms with van der Waals surface area (Å²) in [7, 11) is 0. The van der Waals surface area contributed by atoms with Crippen LogP contribution in [0.1, 0.15) is 25.6 Å². The molecule has 0 bridgehead atoms. The maximum absolute atomic E-state index is 5.43. The van der Waals surface area contributed by atoms with Gasteiger partial charge in [0.1, 0.15) is 17.2 Å². The van der Waals surface area contributed by atoms with E-state index in [0.29, 0.717) is 0 Å². The fraction of sp³-hybridized carbons (Fsp3) is 0.250. The van der Waals surface area contributed by atoms with Crippen LogP contribution in [0.4, 0.5) is 0 Å². The zero-order valence-corrected chi connectivity index (χ0v) is 11.4. The second kappa shape index (κ2) is 5.74. The molecule has 0 aliphatic rings. The Morgan fingerprint density at radius 1 is 0.950 bits per heavy atom. The topological polar surface area (TPSA) is 52.1 Å². The Kier molecular flexibility index (Phi) is 3.63. The van der Waals surface area contributed by atoms with Gasteiger partial charge in [-0.3, -0.25) is 0 Å². The van der Waals surface area contributed by atoms with Crippen molar-refractivity contribution in [2.45, 2.75) is 26.2 Å². The first-order chi connectivity index (χ1) is 9.86. The van der Waals surface area contributed by atoms with Crippen LogP contribution in [0.2, 0.25) is 0 Å². The molecular weight excluding hydrogens is 252 g/mol. The second-order valence-corrected chi connectivity index (χ2v) is 4.61. The highest BCUT2D eigenvalue weighted by molar-refractivity contribution is 5.61. The van der Waals surface area contributed by atoms with Gasteiger partial charge in [0.2, 0.25) is 0 Å². The van der Waals surface area contributed by atoms with Crippen molar-refractivity contribution in [1.29, 1.82) is 0 Å². The summed E-state index contributed by atoms with van der Waals surface area (Å²) in [5, 5.41) is 0. The zero-order chi connectivity index (χ0) is 13.8. The Morgan fingerprint density at radius 2 is 1.55 bits per heavy atom. The quantitative estimate of drug-likeness (QED) is 0.690. The van der Waals surface area contributed by atoms with Crippen molar-refractivity contribution < 1.29 is 8.83 Å². The summed E-state index contributed by atoms with van der Waals surface area (Å²) in [5.74, 6) is 2.32. The minimum Gasteiger partial charge on any atom is -0.463 e. The van der Waals surface area contributed by atoms with Gasteiger partial charge in [0.05, 0.1) is 12.5 Å². The SMILES string of the molecule is CCCCc1nc(-c2ccco2)cc(-c2ccco2)n1. The third-order valence-corrected chi connectivity index (χ3v) is 3.07. The molecule has 4 heteroatoms. The summed E-state index contributed by atoms with van der Waals surface area (Å²) in [6, 6.07) is 9.41. The number of hydrogen-bond acceptors (Lipinski definition) is 4. The van der Waals surface area contributed by atoms with E-state index in [1.54, 1.807) is 12.5 Å². The van der Waals surface area contributed by atoms with E-state index in [2.05, 4.69) is 16.9 Å². The van der Waals surface area contributed by atoms with E-state index in [1.807, 2.05) is 30.3 Å². The monoisotopic (exact) mass is 268 g/mol. The lowest BCUT2D eigenvalue weighted by Gasteiger charge is -2.05. The molecule has 3 aromatic heterocycles. The van der Waals surface area contributed by atoms with Crippen LogP contribution in [-0.2, 0) is 6.42 Å². The molecule has 4 nitrogen and oxygen atoms in total. The third-order valence-electron chi connectivity index (χ3n) is 3.07. The van der Waals surface area contributed by atoms with Crippen LogP contribution in [0.15, 0.2) is 51.7 Å². The Hall–Kier alpha value is -2.36.